The summed E-state index contributed by atoms with van der Waals surface area (Å²) < 4.78 is 37.5. The lowest BCUT2D eigenvalue weighted by molar-refractivity contribution is 0.102. The van der Waals surface area contributed by atoms with Crippen molar-refractivity contribution in [1.82, 2.24) is 14.5 Å². The summed E-state index contributed by atoms with van der Waals surface area (Å²) in [6.45, 7) is 0.309. The summed E-state index contributed by atoms with van der Waals surface area (Å²) in [6, 6.07) is 5.29. The fourth-order valence-corrected chi connectivity index (χ4v) is 2.98. The number of halogens is 1. The molecule has 7 nitrogen and oxygen atoms in total. The first-order valence-electron chi connectivity index (χ1n) is 6.43. The van der Waals surface area contributed by atoms with E-state index in [9.17, 15) is 17.6 Å². The van der Waals surface area contributed by atoms with Gasteiger partial charge in [-0.25, -0.2) is 12.8 Å². The first-order chi connectivity index (χ1) is 10.3. The Morgan fingerprint density at radius 3 is 2.86 bits per heavy atom. The number of sulfonamides is 1. The van der Waals surface area contributed by atoms with Gasteiger partial charge in [0.25, 0.3) is 5.91 Å². The van der Waals surface area contributed by atoms with Gasteiger partial charge in [-0.3, -0.25) is 9.89 Å². The third-order valence-electron chi connectivity index (χ3n) is 3.41. The molecule has 1 aromatic carbocycles. The van der Waals surface area contributed by atoms with Gasteiger partial charge in [0.05, 0.1) is 18.5 Å². The van der Waals surface area contributed by atoms with Gasteiger partial charge >= 0.3 is 0 Å². The number of benzene rings is 1. The molecule has 0 atom stereocenters. The standard InChI is InChI=1S/C13H13FN4O3S/c1-22(20,21)18-6-10-11(7-18)16-17-12(10)15-13(19)8-3-2-4-9(14)5-8/h2-5H,6-7H2,1H3,(H2,15,16,17,19). The van der Waals surface area contributed by atoms with E-state index >= 15 is 0 Å². The van der Waals surface area contributed by atoms with E-state index in [2.05, 4.69) is 15.5 Å². The minimum atomic E-state index is -3.33. The van der Waals surface area contributed by atoms with Gasteiger partial charge in [0.1, 0.15) is 11.6 Å². The van der Waals surface area contributed by atoms with Crippen LogP contribution in [-0.4, -0.2) is 35.1 Å². The SMILES string of the molecule is CS(=O)(=O)N1Cc2n[nH]c(NC(=O)c3cccc(F)c3)c2C1. The zero-order valence-corrected chi connectivity index (χ0v) is 12.4. The second-order valence-electron chi connectivity index (χ2n) is 5.02. The Balaban J connectivity index is 1.81. The van der Waals surface area contributed by atoms with E-state index in [0.717, 1.165) is 12.3 Å². The van der Waals surface area contributed by atoms with Gasteiger partial charge in [-0.05, 0) is 18.2 Å². The fraction of sp³-hybridized carbons (Fsp3) is 0.231. The highest BCUT2D eigenvalue weighted by Crippen LogP contribution is 2.28. The number of H-pyrrole nitrogens is 1. The molecule has 0 saturated heterocycles. The zero-order valence-electron chi connectivity index (χ0n) is 11.6. The maximum atomic E-state index is 13.1. The van der Waals surface area contributed by atoms with Gasteiger partial charge in [-0.2, -0.15) is 9.40 Å². The highest BCUT2D eigenvalue weighted by molar-refractivity contribution is 7.88. The molecule has 0 bridgehead atoms. The van der Waals surface area contributed by atoms with Crippen LogP contribution in [-0.2, 0) is 23.1 Å². The van der Waals surface area contributed by atoms with Crippen LogP contribution in [0.1, 0.15) is 21.6 Å². The molecule has 0 fully saturated rings. The van der Waals surface area contributed by atoms with E-state index in [4.69, 9.17) is 0 Å². The third-order valence-corrected chi connectivity index (χ3v) is 4.60. The van der Waals surface area contributed by atoms with E-state index in [0.29, 0.717) is 17.1 Å². The number of fused-ring (bicyclic) bond motifs is 1. The Labute approximate surface area is 126 Å². The molecule has 1 aliphatic rings. The topological polar surface area (TPSA) is 95.2 Å². The van der Waals surface area contributed by atoms with Gasteiger partial charge < -0.3 is 5.32 Å². The van der Waals surface area contributed by atoms with E-state index in [1.54, 1.807) is 0 Å². The third kappa shape index (κ3) is 2.72. The number of nitrogens with zero attached hydrogens (tertiary/aromatic N) is 2. The van der Waals surface area contributed by atoms with Crippen LogP contribution in [0.25, 0.3) is 0 Å². The summed E-state index contributed by atoms with van der Waals surface area (Å²) >= 11 is 0. The molecule has 22 heavy (non-hydrogen) atoms. The minimum Gasteiger partial charge on any atom is -0.307 e. The van der Waals surface area contributed by atoms with Crippen LogP contribution >= 0.6 is 0 Å². The van der Waals surface area contributed by atoms with Crippen molar-refractivity contribution in [2.45, 2.75) is 13.1 Å². The van der Waals surface area contributed by atoms with Gasteiger partial charge in [0.2, 0.25) is 10.0 Å². The quantitative estimate of drug-likeness (QED) is 0.883. The maximum Gasteiger partial charge on any atom is 0.256 e. The maximum absolute atomic E-state index is 13.1. The van der Waals surface area contributed by atoms with Crippen LogP contribution in [0, 0.1) is 5.82 Å². The molecular weight excluding hydrogens is 311 g/mol. The predicted molar refractivity (Wildman–Crippen MR) is 77.0 cm³/mol. The molecule has 0 spiro atoms. The van der Waals surface area contributed by atoms with Crippen LogP contribution < -0.4 is 5.32 Å². The Morgan fingerprint density at radius 1 is 1.41 bits per heavy atom. The van der Waals surface area contributed by atoms with E-state index in [-0.39, 0.29) is 18.7 Å². The van der Waals surface area contributed by atoms with E-state index in [1.165, 1.54) is 22.5 Å². The lowest BCUT2D eigenvalue weighted by Gasteiger charge is -2.11. The number of carbonyl (C=O) groups is 1. The summed E-state index contributed by atoms with van der Waals surface area (Å²) in [5.41, 5.74) is 1.36. The summed E-state index contributed by atoms with van der Waals surface area (Å²) in [5.74, 6) is -0.676. The van der Waals surface area contributed by atoms with Crippen molar-refractivity contribution in [2.75, 3.05) is 11.6 Å². The summed E-state index contributed by atoms with van der Waals surface area (Å²) in [7, 11) is -3.33. The molecule has 1 aromatic heterocycles. The Bertz CT molecular complexity index is 847. The smallest absolute Gasteiger partial charge is 0.256 e. The number of hydrogen-bond donors (Lipinski definition) is 2. The Kier molecular flexibility index (Phi) is 3.45. The Morgan fingerprint density at radius 2 is 2.18 bits per heavy atom. The number of nitrogens with one attached hydrogen (secondary N) is 2. The van der Waals surface area contributed by atoms with E-state index in [1.807, 2.05) is 0 Å². The zero-order chi connectivity index (χ0) is 15.9. The van der Waals surface area contributed by atoms with Gasteiger partial charge in [0, 0.05) is 17.7 Å². The molecule has 0 saturated carbocycles. The monoisotopic (exact) mass is 324 g/mol. The summed E-state index contributed by atoms with van der Waals surface area (Å²) in [4.78, 5) is 12.1. The number of carbonyl (C=O) groups excluding carboxylic acids is 1. The molecule has 116 valence electrons. The molecule has 2 N–H and O–H groups in total. The highest BCUT2D eigenvalue weighted by atomic mass is 32.2. The van der Waals surface area contributed by atoms with Crippen molar-refractivity contribution in [3.63, 3.8) is 0 Å². The number of aromatic amines is 1. The number of anilines is 1. The van der Waals surface area contributed by atoms with Gasteiger partial charge in [0.15, 0.2) is 0 Å². The van der Waals surface area contributed by atoms with Crippen molar-refractivity contribution < 1.29 is 17.6 Å². The normalized spacial score (nSPS) is 14.8. The summed E-state index contributed by atoms with van der Waals surface area (Å²) in [5, 5.41) is 9.26. The second-order valence-corrected chi connectivity index (χ2v) is 7.00. The van der Waals surface area contributed by atoms with Crippen molar-refractivity contribution in [3.8, 4) is 0 Å². The van der Waals surface area contributed by atoms with Crippen molar-refractivity contribution >= 4 is 21.7 Å². The molecule has 0 unspecified atom stereocenters. The molecule has 2 heterocycles. The number of rotatable bonds is 3. The van der Waals surface area contributed by atoms with Crippen LogP contribution in [0.3, 0.4) is 0 Å². The average molecular weight is 324 g/mol. The molecular formula is C13H13FN4O3S. The van der Waals surface area contributed by atoms with Crippen LogP contribution in [0.15, 0.2) is 24.3 Å². The fourth-order valence-electron chi connectivity index (χ4n) is 2.26. The van der Waals surface area contributed by atoms with E-state index < -0.39 is 21.7 Å². The molecule has 3 rings (SSSR count). The predicted octanol–water partition coefficient (Wildman–Crippen LogP) is 1.08. The van der Waals surface area contributed by atoms with Crippen LogP contribution in [0.4, 0.5) is 10.2 Å². The number of hydrogen-bond acceptors (Lipinski definition) is 4. The number of aromatic nitrogens is 2. The molecule has 9 heteroatoms. The molecule has 0 aliphatic carbocycles. The van der Waals surface area contributed by atoms with Gasteiger partial charge in [-0.1, -0.05) is 6.07 Å². The van der Waals surface area contributed by atoms with Crippen LogP contribution in [0.5, 0.6) is 0 Å². The summed E-state index contributed by atoms with van der Waals surface area (Å²) in [6.07, 6.45) is 1.12. The lowest BCUT2D eigenvalue weighted by atomic mass is 10.2. The minimum absolute atomic E-state index is 0.142. The first-order valence-corrected chi connectivity index (χ1v) is 8.27. The van der Waals surface area contributed by atoms with Crippen molar-refractivity contribution in [1.29, 1.82) is 0 Å². The van der Waals surface area contributed by atoms with Crippen molar-refractivity contribution in [2.24, 2.45) is 0 Å². The molecule has 0 radical (unpaired) electrons. The second kappa shape index (κ2) is 5.18. The largest absolute Gasteiger partial charge is 0.307 e. The molecule has 2 aromatic rings. The molecule has 1 aliphatic heterocycles. The first kappa shape index (κ1) is 14.7. The average Bonchev–Trinajstić information content (AvgIpc) is 3.00. The number of amides is 1. The van der Waals surface area contributed by atoms with Crippen molar-refractivity contribution in [3.05, 3.63) is 46.9 Å². The van der Waals surface area contributed by atoms with Crippen LogP contribution in [0.2, 0.25) is 0 Å². The Hall–Kier alpha value is -2.26. The lowest BCUT2D eigenvalue weighted by Crippen LogP contribution is -2.24. The highest BCUT2D eigenvalue weighted by Gasteiger charge is 2.31. The molecule has 1 amide bonds. The van der Waals surface area contributed by atoms with Gasteiger partial charge in [-0.15, -0.1) is 0 Å².